The predicted molar refractivity (Wildman–Crippen MR) is 101 cm³/mol. The summed E-state index contributed by atoms with van der Waals surface area (Å²) in [7, 11) is 0. The largest absolute Gasteiger partial charge is 0.302 e. The molecule has 0 aliphatic carbocycles. The molecule has 2 nitrogen and oxygen atoms in total. The second-order valence-corrected chi connectivity index (χ2v) is 7.46. The molecule has 0 heterocycles. The quantitative estimate of drug-likeness (QED) is 0.632. The highest BCUT2D eigenvalue weighted by atomic mass is 35.5. The molecule has 2 aromatic carbocycles. The van der Waals surface area contributed by atoms with Crippen LogP contribution in [0.25, 0.3) is 0 Å². The fourth-order valence-corrected chi connectivity index (χ4v) is 2.13. The molecule has 0 fully saturated rings. The van der Waals surface area contributed by atoms with Crippen LogP contribution in [0.3, 0.4) is 0 Å². The summed E-state index contributed by atoms with van der Waals surface area (Å²) in [6.07, 6.45) is 0.941. The number of aldehydes is 1. The standard InChI is InChI=1S/C10H10ClN.C10H11ClO/c2*1-10(2,7-12)8-3-5-9(11)6-4-8/h3-6H,1-2H3;3-7H,1-2H3. The van der Waals surface area contributed by atoms with Gasteiger partial charge in [-0.15, -0.1) is 0 Å². The lowest BCUT2D eigenvalue weighted by Gasteiger charge is -2.16. The highest BCUT2D eigenvalue weighted by molar-refractivity contribution is 6.30. The molecule has 0 aliphatic rings. The Morgan fingerprint density at radius 2 is 1.21 bits per heavy atom. The lowest BCUT2D eigenvalue weighted by Crippen LogP contribution is -2.18. The number of nitriles is 1. The van der Waals surface area contributed by atoms with Crippen molar-refractivity contribution < 1.29 is 4.79 Å². The summed E-state index contributed by atoms with van der Waals surface area (Å²) in [5.41, 5.74) is 1.14. The average Bonchev–Trinajstić information content (AvgIpc) is 2.56. The third kappa shape index (κ3) is 5.67. The molecule has 0 aliphatic heterocycles. The summed E-state index contributed by atoms with van der Waals surface area (Å²) in [6, 6.07) is 16.9. The Bertz CT molecular complexity index is 711. The van der Waals surface area contributed by atoms with Gasteiger partial charge >= 0.3 is 0 Å². The number of rotatable bonds is 3. The molecule has 4 heteroatoms. The molecule has 0 saturated heterocycles. The van der Waals surface area contributed by atoms with Gasteiger partial charge in [0.15, 0.2) is 0 Å². The van der Waals surface area contributed by atoms with Crippen LogP contribution in [-0.2, 0) is 15.6 Å². The molecule has 2 rings (SSSR count). The van der Waals surface area contributed by atoms with Crippen molar-refractivity contribution in [3.05, 3.63) is 69.7 Å². The Hall–Kier alpha value is -1.82. The first-order valence-electron chi connectivity index (χ1n) is 7.52. The SMILES string of the molecule is CC(C)(C#N)c1ccc(Cl)cc1.CC(C)(C=O)c1ccc(Cl)cc1. The Labute approximate surface area is 154 Å². The van der Waals surface area contributed by atoms with E-state index in [-0.39, 0.29) is 0 Å². The predicted octanol–water partition coefficient (Wildman–Crippen LogP) is 5.96. The third-order valence-corrected chi connectivity index (χ3v) is 4.23. The normalized spacial score (nSPS) is 11.0. The molecule has 0 N–H and O–H groups in total. The van der Waals surface area contributed by atoms with Gasteiger partial charge in [-0.05, 0) is 63.1 Å². The van der Waals surface area contributed by atoms with Gasteiger partial charge in [-0.3, -0.25) is 0 Å². The van der Waals surface area contributed by atoms with Crippen molar-refractivity contribution in [3.63, 3.8) is 0 Å². The second-order valence-electron chi connectivity index (χ2n) is 6.59. The number of carbonyl (C=O) groups is 1. The topological polar surface area (TPSA) is 40.9 Å². The summed E-state index contributed by atoms with van der Waals surface area (Å²) in [5.74, 6) is 0. The molecule has 0 spiro atoms. The molecule has 0 aromatic heterocycles. The van der Waals surface area contributed by atoms with E-state index < -0.39 is 10.8 Å². The maximum Gasteiger partial charge on any atom is 0.129 e. The maximum absolute atomic E-state index is 10.7. The maximum atomic E-state index is 10.7. The van der Waals surface area contributed by atoms with Gasteiger partial charge in [0.05, 0.1) is 11.5 Å². The summed E-state index contributed by atoms with van der Waals surface area (Å²) in [5, 5.41) is 10.2. The zero-order valence-corrected chi connectivity index (χ0v) is 15.8. The first kappa shape index (κ1) is 20.2. The van der Waals surface area contributed by atoms with Crippen LogP contribution in [-0.4, -0.2) is 6.29 Å². The van der Waals surface area contributed by atoms with Gasteiger partial charge < -0.3 is 4.79 Å². The highest BCUT2D eigenvalue weighted by Gasteiger charge is 2.19. The van der Waals surface area contributed by atoms with Gasteiger partial charge in [0.2, 0.25) is 0 Å². The summed E-state index contributed by atoms with van der Waals surface area (Å²) in [6.45, 7) is 7.53. The fourth-order valence-electron chi connectivity index (χ4n) is 1.88. The third-order valence-electron chi connectivity index (χ3n) is 3.73. The Balaban J connectivity index is 0.000000240. The Morgan fingerprint density at radius 1 is 0.833 bits per heavy atom. The van der Waals surface area contributed by atoms with Gasteiger partial charge in [0.25, 0.3) is 0 Å². The lowest BCUT2D eigenvalue weighted by molar-refractivity contribution is -0.111. The Morgan fingerprint density at radius 3 is 1.54 bits per heavy atom. The van der Waals surface area contributed by atoms with Crippen LogP contribution in [0, 0.1) is 11.3 Å². The van der Waals surface area contributed by atoms with Crippen molar-refractivity contribution in [2.75, 3.05) is 0 Å². The van der Waals surface area contributed by atoms with E-state index in [0.717, 1.165) is 17.4 Å². The van der Waals surface area contributed by atoms with E-state index in [1.54, 1.807) is 24.3 Å². The smallest absolute Gasteiger partial charge is 0.129 e. The molecule has 0 radical (unpaired) electrons. The van der Waals surface area contributed by atoms with Crippen LogP contribution in [0.15, 0.2) is 48.5 Å². The van der Waals surface area contributed by atoms with E-state index in [0.29, 0.717) is 10.0 Å². The molecule has 0 atom stereocenters. The van der Waals surface area contributed by atoms with Crippen molar-refractivity contribution in [2.24, 2.45) is 0 Å². The van der Waals surface area contributed by atoms with Crippen LogP contribution in [0.4, 0.5) is 0 Å². The van der Waals surface area contributed by atoms with E-state index >= 15 is 0 Å². The second kappa shape index (κ2) is 8.33. The molecule has 0 bridgehead atoms. The molecule has 0 amide bonds. The van der Waals surface area contributed by atoms with Crippen LogP contribution in [0.5, 0.6) is 0 Å². The van der Waals surface area contributed by atoms with Crippen LogP contribution >= 0.6 is 23.2 Å². The Kier molecular flexibility index (Phi) is 7.02. The fraction of sp³-hybridized carbons (Fsp3) is 0.300. The first-order chi connectivity index (χ1) is 11.1. The number of carbonyl (C=O) groups excluding carboxylic acids is 1. The van der Waals surface area contributed by atoms with Crippen molar-refractivity contribution >= 4 is 29.5 Å². The monoisotopic (exact) mass is 361 g/mol. The van der Waals surface area contributed by atoms with E-state index in [1.807, 2.05) is 52.0 Å². The summed E-state index contributed by atoms with van der Waals surface area (Å²) >= 11 is 11.4. The zero-order valence-electron chi connectivity index (χ0n) is 14.3. The van der Waals surface area contributed by atoms with Crippen molar-refractivity contribution in [1.29, 1.82) is 5.26 Å². The van der Waals surface area contributed by atoms with Crippen LogP contribution in [0.1, 0.15) is 38.8 Å². The van der Waals surface area contributed by atoms with E-state index in [1.165, 1.54) is 0 Å². The van der Waals surface area contributed by atoms with Gasteiger partial charge in [0, 0.05) is 15.5 Å². The highest BCUT2D eigenvalue weighted by Crippen LogP contribution is 2.23. The van der Waals surface area contributed by atoms with Gasteiger partial charge in [-0.2, -0.15) is 5.26 Å². The minimum atomic E-state index is -0.426. The van der Waals surface area contributed by atoms with Gasteiger partial charge in [0.1, 0.15) is 6.29 Å². The average molecular weight is 362 g/mol. The van der Waals surface area contributed by atoms with Gasteiger partial charge in [-0.1, -0.05) is 47.5 Å². The number of halogens is 2. The van der Waals surface area contributed by atoms with E-state index in [2.05, 4.69) is 6.07 Å². The molecule has 0 unspecified atom stereocenters. The molecule has 126 valence electrons. The van der Waals surface area contributed by atoms with Gasteiger partial charge in [-0.25, -0.2) is 0 Å². The summed E-state index contributed by atoms with van der Waals surface area (Å²) < 4.78 is 0. The zero-order chi connectivity index (χ0) is 18.4. The minimum absolute atomic E-state index is 0.412. The number of nitrogens with zero attached hydrogens (tertiary/aromatic N) is 1. The minimum Gasteiger partial charge on any atom is -0.302 e. The molecule has 2 aromatic rings. The number of benzene rings is 2. The van der Waals surface area contributed by atoms with Crippen LogP contribution in [0.2, 0.25) is 10.0 Å². The van der Waals surface area contributed by atoms with Crippen molar-refractivity contribution in [3.8, 4) is 6.07 Å². The number of hydrogen-bond donors (Lipinski definition) is 0. The number of hydrogen-bond acceptors (Lipinski definition) is 2. The van der Waals surface area contributed by atoms with E-state index in [4.69, 9.17) is 28.5 Å². The molecule has 24 heavy (non-hydrogen) atoms. The lowest BCUT2D eigenvalue weighted by atomic mass is 9.86. The van der Waals surface area contributed by atoms with E-state index in [9.17, 15) is 4.79 Å². The summed E-state index contributed by atoms with van der Waals surface area (Å²) in [4.78, 5) is 10.7. The van der Waals surface area contributed by atoms with Crippen LogP contribution < -0.4 is 0 Å². The van der Waals surface area contributed by atoms with Crippen molar-refractivity contribution in [1.82, 2.24) is 0 Å². The molecular formula is C20H21Cl2NO. The van der Waals surface area contributed by atoms with Crippen molar-refractivity contribution in [2.45, 2.75) is 38.5 Å². The molecule has 0 saturated carbocycles. The molecular weight excluding hydrogens is 341 g/mol. The first-order valence-corrected chi connectivity index (χ1v) is 8.27.